The van der Waals surface area contributed by atoms with E-state index < -0.39 is 0 Å². The van der Waals surface area contributed by atoms with Crippen LogP contribution in [0.5, 0.6) is 0 Å². The van der Waals surface area contributed by atoms with Gasteiger partial charge in [0, 0.05) is 27.1 Å². The van der Waals surface area contributed by atoms with Gasteiger partial charge in [0.15, 0.2) is 0 Å². The van der Waals surface area contributed by atoms with Gasteiger partial charge in [-0.2, -0.15) is 0 Å². The average molecular weight is 537 g/mol. The molecule has 2 aromatic heterocycles. The SMILES string of the molecule is CC1(C)c2ccccc2-c2c3c1cccc3cc1c2c2ccccc2n1-c1cc(-c2ccccc2)c2ccccc2n1. The molecule has 1 aliphatic carbocycles. The minimum Gasteiger partial charge on any atom is -0.294 e. The van der Waals surface area contributed by atoms with Gasteiger partial charge >= 0.3 is 0 Å². The van der Waals surface area contributed by atoms with Gasteiger partial charge in [0.05, 0.1) is 16.6 Å². The first-order valence-corrected chi connectivity index (χ1v) is 14.7. The normalized spacial score (nSPS) is 13.7. The highest BCUT2D eigenvalue weighted by Crippen LogP contribution is 2.52. The van der Waals surface area contributed by atoms with Crippen LogP contribution in [0, 0.1) is 0 Å². The summed E-state index contributed by atoms with van der Waals surface area (Å²) in [6.07, 6.45) is 0. The molecule has 1 aliphatic rings. The fourth-order valence-electron chi connectivity index (χ4n) is 7.46. The molecule has 0 saturated heterocycles. The highest BCUT2D eigenvalue weighted by Gasteiger charge is 2.35. The zero-order valence-electron chi connectivity index (χ0n) is 23.6. The van der Waals surface area contributed by atoms with E-state index in [0.29, 0.717) is 0 Å². The van der Waals surface area contributed by atoms with Crippen molar-refractivity contribution < 1.29 is 0 Å². The van der Waals surface area contributed by atoms with E-state index >= 15 is 0 Å². The molecular weight excluding hydrogens is 508 g/mol. The van der Waals surface area contributed by atoms with Crippen LogP contribution in [0.4, 0.5) is 0 Å². The Labute approximate surface area is 244 Å². The van der Waals surface area contributed by atoms with E-state index in [1.165, 1.54) is 66.0 Å². The summed E-state index contributed by atoms with van der Waals surface area (Å²) in [7, 11) is 0. The number of benzene rings is 6. The van der Waals surface area contributed by atoms with Gasteiger partial charge in [-0.05, 0) is 62.9 Å². The molecule has 2 nitrogen and oxygen atoms in total. The quantitative estimate of drug-likeness (QED) is 0.215. The van der Waals surface area contributed by atoms with Gasteiger partial charge in [0.25, 0.3) is 0 Å². The summed E-state index contributed by atoms with van der Waals surface area (Å²) in [4.78, 5) is 5.30. The van der Waals surface area contributed by atoms with E-state index in [1.807, 2.05) is 0 Å². The molecule has 8 aromatic rings. The van der Waals surface area contributed by atoms with Gasteiger partial charge in [-0.15, -0.1) is 0 Å². The number of rotatable bonds is 2. The summed E-state index contributed by atoms with van der Waals surface area (Å²) in [6, 6.07) is 48.5. The third-order valence-electron chi connectivity index (χ3n) is 9.36. The van der Waals surface area contributed by atoms with E-state index in [2.05, 4.69) is 152 Å². The van der Waals surface area contributed by atoms with Crippen LogP contribution in [-0.4, -0.2) is 9.55 Å². The fraction of sp³-hybridized carbons (Fsp3) is 0.0750. The van der Waals surface area contributed by atoms with E-state index in [4.69, 9.17) is 4.98 Å². The van der Waals surface area contributed by atoms with Crippen molar-refractivity contribution in [2.24, 2.45) is 0 Å². The summed E-state index contributed by atoms with van der Waals surface area (Å²) < 4.78 is 2.38. The molecular formula is C40H28N2. The maximum atomic E-state index is 5.30. The Morgan fingerprint density at radius 3 is 2.14 bits per heavy atom. The zero-order valence-corrected chi connectivity index (χ0v) is 23.6. The maximum absolute atomic E-state index is 5.30. The molecule has 0 spiro atoms. The number of nitrogens with zero attached hydrogens (tertiary/aromatic N) is 2. The van der Waals surface area contributed by atoms with E-state index in [-0.39, 0.29) is 5.41 Å². The molecule has 2 heteroatoms. The zero-order chi connectivity index (χ0) is 28.0. The summed E-state index contributed by atoms with van der Waals surface area (Å²) in [5.41, 5.74) is 11.1. The Morgan fingerprint density at radius 2 is 1.26 bits per heavy atom. The van der Waals surface area contributed by atoms with Crippen molar-refractivity contribution in [3.63, 3.8) is 0 Å². The standard InChI is InChI=1S/C40H28N2/c1-40(2)31-19-9-6-17-28(31)39-37-26(15-12-20-32(37)40)23-35-38(39)29-18-8-11-22-34(29)42(35)36-24-30(25-13-4-3-5-14-25)27-16-7-10-21-33(27)41-36/h3-24H,1-2H3. The third kappa shape index (κ3) is 3.07. The van der Waals surface area contributed by atoms with E-state index in [0.717, 1.165) is 16.7 Å². The van der Waals surface area contributed by atoms with Gasteiger partial charge < -0.3 is 0 Å². The molecule has 0 unspecified atom stereocenters. The van der Waals surface area contributed by atoms with Crippen molar-refractivity contribution in [1.82, 2.24) is 9.55 Å². The van der Waals surface area contributed by atoms with Crippen molar-refractivity contribution in [1.29, 1.82) is 0 Å². The molecule has 0 fully saturated rings. The van der Waals surface area contributed by atoms with Crippen LogP contribution in [0.3, 0.4) is 0 Å². The Morgan fingerprint density at radius 1 is 0.548 bits per heavy atom. The average Bonchev–Trinajstić information content (AvgIpc) is 3.36. The first-order chi connectivity index (χ1) is 20.6. The fourth-order valence-corrected chi connectivity index (χ4v) is 7.46. The number of aromatic nitrogens is 2. The second-order valence-electron chi connectivity index (χ2n) is 12.0. The predicted molar refractivity (Wildman–Crippen MR) is 177 cm³/mol. The molecule has 0 bridgehead atoms. The maximum Gasteiger partial charge on any atom is 0.138 e. The molecule has 0 aliphatic heterocycles. The molecule has 0 N–H and O–H groups in total. The van der Waals surface area contributed by atoms with Gasteiger partial charge in [0.1, 0.15) is 5.82 Å². The molecule has 0 radical (unpaired) electrons. The molecule has 0 amide bonds. The molecule has 6 aromatic carbocycles. The van der Waals surface area contributed by atoms with Crippen molar-refractivity contribution in [3.05, 3.63) is 145 Å². The summed E-state index contributed by atoms with van der Waals surface area (Å²) >= 11 is 0. The van der Waals surface area contributed by atoms with Gasteiger partial charge in [0.2, 0.25) is 0 Å². The van der Waals surface area contributed by atoms with Crippen LogP contribution in [-0.2, 0) is 5.41 Å². The lowest BCUT2D eigenvalue weighted by Gasteiger charge is -2.35. The smallest absolute Gasteiger partial charge is 0.138 e. The third-order valence-corrected chi connectivity index (χ3v) is 9.36. The largest absolute Gasteiger partial charge is 0.294 e. The lowest BCUT2D eigenvalue weighted by molar-refractivity contribution is 0.645. The second-order valence-corrected chi connectivity index (χ2v) is 12.0. The second kappa shape index (κ2) is 8.41. The summed E-state index contributed by atoms with van der Waals surface area (Å²) in [6.45, 7) is 4.72. The van der Waals surface area contributed by atoms with Crippen LogP contribution < -0.4 is 0 Å². The predicted octanol–water partition coefficient (Wildman–Crippen LogP) is 10.5. The Bertz CT molecular complexity index is 2370. The van der Waals surface area contributed by atoms with Crippen molar-refractivity contribution >= 4 is 43.5 Å². The molecule has 42 heavy (non-hydrogen) atoms. The molecule has 0 saturated carbocycles. The number of para-hydroxylation sites is 2. The van der Waals surface area contributed by atoms with Crippen LogP contribution in [0.2, 0.25) is 0 Å². The lowest BCUT2D eigenvalue weighted by Crippen LogP contribution is -2.23. The highest BCUT2D eigenvalue weighted by molar-refractivity contribution is 6.24. The van der Waals surface area contributed by atoms with Crippen LogP contribution in [0.1, 0.15) is 25.0 Å². The van der Waals surface area contributed by atoms with Gasteiger partial charge in [-0.1, -0.05) is 123 Å². The van der Waals surface area contributed by atoms with E-state index in [9.17, 15) is 0 Å². The first kappa shape index (κ1) is 23.5. The monoisotopic (exact) mass is 536 g/mol. The van der Waals surface area contributed by atoms with Crippen LogP contribution in [0.25, 0.3) is 71.6 Å². The minimum absolute atomic E-state index is 0.0837. The topological polar surface area (TPSA) is 17.8 Å². The highest BCUT2D eigenvalue weighted by atomic mass is 15.1. The number of pyridine rings is 1. The number of hydrogen-bond donors (Lipinski definition) is 0. The van der Waals surface area contributed by atoms with Crippen LogP contribution >= 0.6 is 0 Å². The molecule has 2 heterocycles. The lowest BCUT2D eigenvalue weighted by atomic mass is 9.68. The molecule has 9 rings (SSSR count). The molecule has 0 atom stereocenters. The Balaban J connectivity index is 1.48. The summed E-state index contributed by atoms with van der Waals surface area (Å²) in [5, 5.41) is 6.35. The van der Waals surface area contributed by atoms with E-state index in [1.54, 1.807) is 0 Å². The number of hydrogen-bond acceptors (Lipinski definition) is 1. The van der Waals surface area contributed by atoms with Crippen molar-refractivity contribution in [2.45, 2.75) is 19.3 Å². The minimum atomic E-state index is -0.0837. The first-order valence-electron chi connectivity index (χ1n) is 14.7. The van der Waals surface area contributed by atoms with Crippen molar-refractivity contribution in [3.8, 4) is 28.1 Å². The summed E-state index contributed by atoms with van der Waals surface area (Å²) in [5.74, 6) is 0.936. The van der Waals surface area contributed by atoms with Gasteiger partial charge in [-0.25, -0.2) is 4.98 Å². The van der Waals surface area contributed by atoms with Crippen LogP contribution in [0.15, 0.2) is 133 Å². The molecule has 198 valence electrons. The number of fused-ring (bicyclic) bond motifs is 7. The van der Waals surface area contributed by atoms with Crippen molar-refractivity contribution in [2.75, 3.05) is 0 Å². The Hall–Kier alpha value is -5.21. The Kier molecular flexibility index (Phi) is 4.70. The van der Waals surface area contributed by atoms with Gasteiger partial charge in [-0.3, -0.25) is 4.57 Å².